The zero-order valence-corrected chi connectivity index (χ0v) is 26.7. The van der Waals surface area contributed by atoms with E-state index in [9.17, 15) is 0 Å². The van der Waals surface area contributed by atoms with Gasteiger partial charge in [0.15, 0.2) is 17.5 Å². The molecule has 5 nitrogen and oxygen atoms in total. The molecule has 234 valence electrons. The molecule has 0 N–H and O–H groups in total. The normalized spacial score (nSPS) is 11.6. The highest BCUT2D eigenvalue weighted by Gasteiger charge is 2.22. The van der Waals surface area contributed by atoms with Crippen molar-refractivity contribution in [3.05, 3.63) is 164 Å². The van der Waals surface area contributed by atoms with Crippen molar-refractivity contribution in [1.82, 2.24) is 15.0 Å². The zero-order valence-electron chi connectivity index (χ0n) is 26.7. The van der Waals surface area contributed by atoms with Crippen LogP contribution in [0.1, 0.15) is 0 Å². The van der Waals surface area contributed by atoms with Gasteiger partial charge >= 0.3 is 0 Å². The van der Waals surface area contributed by atoms with E-state index in [1.54, 1.807) is 0 Å². The molecule has 0 aliphatic rings. The molecule has 10 aromatic rings. The largest absolute Gasteiger partial charge is 0.455 e. The molecular formula is C45H27N3O2. The summed E-state index contributed by atoms with van der Waals surface area (Å²) in [6.07, 6.45) is 0. The minimum atomic E-state index is 0.540. The molecule has 7 aromatic carbocycles. The first-order valence-corrected chi connectivity index (χ1v) is 16.6. The average Bonchev–Trinajstić information content (AvgIpc) is 3.78. The SMILES string of the molecule is c1ccc(-c2ccc(-c3nc(-c4ccccc4)nc(-c4ccc(-c5cccc6c5oc5ccccc56)c5c4oc4ccccc45)n3)cc2)cc1. The van der Waals surface area contributed by atoms with Crippen LogP contribution in [-0.2, 0) is 0 Å². The second kappa shape index (κ2) is 11.4. The minimum Gasteiger partial charge on any atom is -0.455 e. The molecule has 0 bridgehead atoms. The van der Waals surface area contributed by atoms with Crippen molar-refractivity contribution < 1.29 is 8.83 Å². The Morgan fingerprint density at radius 2 is 0.800 bits per heavy atom. The Bertz CT molecular complexity index is 2850. The van der Waals surface area contributed by atoms with E-state index in [4.69, 9.17) is 23.8 Å². The molecule has 50 heavy (non-hydrogen) atoms. The number of para-hydroxylation sites is 3. The molecular weight excluding hydrogens is 615 g/mol. The molecule has 5 heteroatoms. The number of fused-ring (bicyclic) bond motifs is 6. The highest BCUT2D eigenvalue weighted by Crippen LogP contribution is 2.44. The van der Waals surface area contributed by atoms with E-state index in [-0.39, 0.29) is 0 Å². The van der Waals surface area contributed by atoms with E-state index >= 15 is 0 Å². The lowest BCUT2D eigenvalue weighted by molar-refractivity contribution is 0.669. The summed E-state index contributed by atoms with van der Waals surface area (Å²) in [5.41, 5.74) is 10.1. The van der Waals surface area contributed by atoms with Crippen molar-refractivity contribution in [3.8, 4) is 56.4 Å². The first-order valence-electron chi connectivity index (χ1n) is 16.6. The number of aromatic nitrogens is 3. The van der Waals surface area contributed by atoms with Gasteiger partial charge in [-0.1, -0.05) is 146 Å². The van der Waals surface area contributed by atoms with Crippen LogP contribution in [0.2, 0.25) is 0 Å². The monoisotopic (exact) mass is 641 g/mol. The molecule has 10 rings (SSSR count). The van der Waals surface area contributed by atoms with Crippen LogP contribution in [0.5, 0.6) is 0 Å². The number of hydrogen-bond acceptors (Lipinski definition) is 5. The van der Waals surface area contributed by atoms with Crippen molar-refractivity contribution in [1.29, 1.82) is 0 Å². The first kappa shape index (κ1) is 28.2. The van der Waals surface area contributed by atoms with Gasteiger partial charge in [0.25, 0.3) is 0 Å². The predicted molar refractivity (Wildman–Crippen MR) is 202 cm³/mol. The van der Waals surface area contributed by atoms with Crippen molar-refractivity contribution in [2.45, 2.75) is 0 Å². The quantitative estimate of drug-likeness (QED) is 0.187. The molecule has 0 radical (unpaired) electrons. The predicted octanol–water partition coefficient (Wildman–Crippen LogP) is 12.0. The van der Waals surface area contributed by atoms with Gasteiger partial charge in [-0.3, -0.25) is 0 Å². The summed E-state index contributed by atoms with van der Waals surface area (Å²) in [5.74, 6) is 1.73. The number of nitrogens with zero attached hydrogens (tertiary/aromatic N) is 3. The van der Waals surface area contributed by atoms with Gasteiger partial charge in [-0.15, -0.1) is 0 Å². The molecule has 0 spiro atoms. The molecule has 0 fully saturated rings. The lowest BCUT2D eigenvalue weighted by Crippen LogP contribution is -2.00. The second-order valence-electron chi connectivity index (χ2n) is 12.4. The van der Waals surface area contributed by atoms with Crippen LogP contribution in [0, 0.1) is 0 Å². The van der Waals surface area contributed by atoms with E-state index in [2.05, 4.69) is 91.0 Å². The van der Waals surface area contributed by atoms with Crippen molar-refractivity contribution in [2.75, 3.05) is 0 Å². The van der Waals surface area contributed by atoms with Gasteiger partial charge in [0.2, 0.25) is 0 Å². The van der Waals surface area contributed by atoms with Crippen LogP contribution in [0.3, 0.4) is 0 Å². The molecule has 0 saturated heterocycles. The van der Waals surface area contributed by atoms with Crippen LogP contribution in [0.15, 0.2) is 173 Å². The third kappa shape index (κ3) is 4.60. The van der Waals surface area contributed by atoms with Crippen molar-refractivity contribution >= 4 is 43.9 Å². The summed E-state index contributed by atoms with van der Waals surface area (Å²) in [6.45, 7) is 0. The topological polar surface area (TPSA) is 65.0 Å². The lowest BCUT2D eigenvalue weighted by Gasteiger charge is -2.11. The number of benzene rings is 7. The highest BCUT2D eigenvalue weighted by molar-refractivity contribution is 6.19. The van der Waals surface area contributed by atoms with Crippen molar-refractivity contribution in [3.63, 3.8) is 0 Å². The summed E-state index contributed by atoms with van der Waals surface area (Å²) in [5, 5.41) is 4.18. The zero-order chi connectivity index (χ0) is 33.0. The molecule has 0 atom stereocenters. The fourth-order valence-electron chi connectivity index (χ4n) is 6.97. The Hall–Kier alpha value is -6.85. The highest BCUT2D eigenvalue weighted by atomic mass is 16.3. The minimum absolute atomic E-state index is 0.540. The Labute approximate surface area is 287 Å². The average molecular weight is 642 g/mol. The number of furan rings is 2. The van der Waals surface area contributed by atoms with Gasteiger partial charge in [0.05, 0.1) is 5.56 Å². The summed E-state index contributed by atoms with van der Waals surface area (Å²) < 4.78 is 13.2. The molecule has 0 aliphatic carbocycles. The maximum absolute atomic E-state index is 6.70. The fraction of sp³-hybridized carbons (Fsp3) is 0. The van der Waals surface area contributed by atoms with Gasteiger partial charge in [-0.2, -0.15) is 0 Å². The Balaban J connectivity index is 1.20. The van der Waals surface area contributed by atoms with E-state index in [0.29, 0.717) is 23.1 Å². The number of hydrogen-bond donors (Lipinski definition) is 0. The van der Waals surface area contributed by atoms with E-state index in [1.807, 2.05) is 72.8 Å². The Morgan fingerprint density at radius 3 is 1.54 bits per heavy atom. The van der Waals surface area contributed by atoms with Gasteiger partial charge in [0, 0.05) is 38.2 Å². The standard InChI is InChI=1S/C45H27N3O2/c1-3-12-28(13-4-1)29-22-24-31(25-23-29)44-46-43(30-14-5-2-6-15-30)47-45(48-44)37-27-26-33(40-36-17-8-10-21-39(36)50-42(37)40)35-19-11-18-34-32-16-7-9-20-38(32)49-41(34)35/h1-27H. The molecule has 0 aliphatic heterocycles. The molecule has 3 heterocycles. The second-order valence-corrected chi connectivity index (χ2v) is 12.4. The van der Waals surface area contributed by atoms with Crippen LogP contribution in [0.4, 0.5) is 0 Å². The van der Waals surface area contributed by atoms with Gasteiger partial charge < -0.3 is 8.83 Å². The summed E-state index contributed by atoms with van der Waals surface area (Å²) in [6, 6.07) is 55.6. The van der Waals surface area contributed by atoms with Crippen LogP contribution >= 0.6 is 0 Å². The maximum Gasteiger partial charge on any atom is 0.167 e. The van der Waals surface area contributed by atoms with Crippen LogP contribution in [0.25, 0.3) is 100 Å². The summed E-state index contributed by atoms with van der Waals surface area (Å²) in [7, 11) is 0. The van der Waals surface area contributed by atoms with Crippen LogP contribution in [-0.4, -0.2) is 15.0 Å². The molecule has 0 unspecified atom stereocenters. The molecule has 3 aromatic heterocycles. The van der Waals surface area contributed by atoms with E-state index < -0.39 is 0 Å². The van der Waals surface area contributed by atoms with E-state index in [1.165, 1.54) is 0 Å². The van der Waals surface area contributed by atoms with Crippen molar-refractivity contribution in [2.24, 2.45) is 0 Å². The van der Waals surface area contributed by atoms with Crippen LogP contribution < -0.4 is 0 Å². The lowest BCUT2D eigenvalue weighted by atomic mass is 9.95. The summed E-state index contributed by atoms with van der Waals surface area (Å²) in [4.78, 5) is 15.1. The molecule has 0 saturated carbocycles. The van der Waals surface area contributed by atoms with Gasteiger partial charge in [0.1, 0.15) is 22.3 Å². The third-order valence-electron chi connectivity index (χ3n) is 9.38. The van der Waals surface area contributed by atoms with Gasteiger partial charge in [-0.25, -0.2) is 15.0 Å². The smallest absolute Gasteiger partial charge is 0.167 e. The fourth-order valence-corrected chi connectivity index (χ4v) is 6.97. The maximum atomic E-state index is 6.70. The van der Waals surface area contributed by atoms with Gasteiger partial charge in [-0.05, 0) is 34.9 Å². The summed E-state index contributed by atoms with van der Waals surface area (Å²) >= 11 is 0. The number of rotatable bonds is 5. The molecule has 0 amide bonds. The van der Waals surface area contributed by atoms with E-state index in [0.717, 1.165) is 77.2 Å². The third-order valence-corrected chi connectivity index (χ3v) is 9.38. The first-order chi connectivity index (χ1) is 24.8. The Kier molecular flexibility index (Phi) is 6.42. The Morgan fingerprint density at radius 1 is 0.300 bits per heavy atom.